The molecule has 0 bridgehead atoms. The number of aromatic nitrogens is 7. The molecule has 0 atom stereocenters. The van der Waals surface area contributed by atoms with Crippen LogP contribution in [0.3, 0.4) is 0 Å². The predicted molar refractivity (Wildman–Crippen MR) is 118 cm³/mol. The monoisotopic (exact) mass is 410 g/mol. The van der Waals surface area contributed by atoms with Crippen molar-refractivity contribution >= 4 is 39.1 Å². The molecule has 0 aromatic carbocycles. The van der Waals surface area contributed by atoms with Crippen molar-refractivity contribution in [2.75, 3.05) is 5.73 Å². The molecule has 6 heterocycles. The minimum absolute atomic E-state index is 0.590. The topological polar surface area (TPSA) is 122 Å². The van der Waals surface area contributed by atoms with Crippen LogP contribution in [0.15, 0.2) is 59.8 Å². The third-order valence-electron chi connectivity index (χ3n) is 4.91. The van der Waals surface area contributed by atoms with Crippen molar-refractivity contribution in [2.24, 2.45) is 0 Å². The minimum Gasteiger partial charge on any atom is -0.397 e. The van der Waals surface area contributed by atoms with Crippen LogP contribution >= 0.6 is 11.3 Å². The molecule has 0 radical (unpaired) electrons. The van der Waals surface area contributed by atoms with Gasteiger partial charge in [-0.05, 0) is 40.6 Å². The SMILES string of the molecule is Nc1cncc(-c2ccc3[nH]nc(-c4nc5c(-c6ccsc6)cncc5[nH]4)c3n2)c1. The van der Waals surface area contributed by atoms with E-state index in [0.29, 0.717) is 17.2 Å². The van der Waals surface area contributed by atoms with Crippen LogP contribution in [0, 0.1) is 0 Å². The number of pyridine rings is 3. The molecule has 0 aliphatic heterocycles. The zero-order chi connectivity index (χ0) is 20.1. The summed E-state index contributed by atoms with van der Waals surface area (Å²) in [6.45, 7) is 0. The molecule has 0 aliphatic rings. The van der Waals surface area contributed by atoms with Crippen LogP contribution in [0.5, 0.6) is 0 Å². The second kappa shape index (κ2) is 6.46. The number of rotatable bonds is 3. The molecule has 144 valence electrons. The van der Waals surface area contributed by atoms with Gasteiger partial charge in [0.05, 0.1) is 28.6 Å². The molecule has 6 aromatic heterocycles. The van der Waals surface area contributed by atoms with E-state index in [-0.39, 0.29) is 0 Å². The lowest BCUT2D eigenvalue weighted by Crippen LogP contribution is -1.90. The lowest BCUT2D eigenvalue weighted by molar-refractivity contribution is 1.10. The van der Waals surface area contributed by atoms with E-state index in [1.165, 1.54) is 0 Å². The van der Waals surface area contributed by atoms with Gasteiger partial charge in [0, 0.05) is 29.7 Å². The maximum Gasteiger partial charge on any atom is 0.161 e. The first kappa shape index (κ1) is 16.8. The van der Waals surface area contributed by atoms with E-state index in [1.54, 1.807) is 29.9 Å². The van der Waals surface area contributed by atoms with Crippen LogP contribution in [0.25, 0.3) is 56.0 Å². The fourth-order valence-corrected chi connectivity index (χ4v) is 4.15. The zero-order valence-electron chi connectivity index (χ0n) is 15.5. The summed E-state index contributed by atoms with van der Waals surface area (Å²) >= 11 is 1.64. The quantitative estimate of drug-likeness (QED) is 0.400. The van der Waals surface area contributed by atoms with Crippen LogP contribution in [-0.4, -0.2) is 35.1 Å². The van der Waals surface area contributed by atoms with E-state index in [9.17, 15) is 0 Å². The van der Waals surface area contributed by atoms with Gasteiger partial charge in [-0.15, -0.1) is 0 Å². The van der Waals surface area contributed by atoms with Crippen molar-refractivity contribution in [1.82, 2.24) is 35.1 Å². The van der Waals surface area contributed by atoms with E-state index in [1.807, 2.05) is 29.8 Å². The summed E-state index contributed by atoms with van der Waals surface area (Å²) in [6.07, 6.45) is 6.96. The standard InChI is InChI=1S/C21H14N8S/c22-13-5-12(6-23-7-13)15-1-2-16-19(25-15)20(29-28-16)21-26-17-9-24-8-14(18(17)27-21)11-3-4-30-10-11/h1-10H,22H2,(H,26,27)(H,28,29). The highest BCUT2D eigenvalue weighted by atomic mass is 32.1. The molecule has 4 N–H and O–H groups in total. The Hall–Kier alpha value is -4.11. The lowest BCUT2D eigenvalue weighted by Gasteiger charge is -2.02. The first-order valence-corrected chi connectivity index (χ1v) is 10.1. The van der Waals surface area contributed by atoms with E-state index in [0.717, 1.165) is 44.5 Å². The Morgan fingerprint density at radius 1 is 0.867 bits per heavy atom. The van der Waals surface area contributed by atoms with Gasteiger partial charge >= 0.3 is 0 Å². The lowest BCUT2D eigenvalue weighted by atomic mass is 10.1. The Labute approximate surface area is 173 Å². The van der Waals surface area contributed by atoms with Crippen LogP contribution < -0.4 is 5.73 Å². The maximum atomic E-state index is 5.88. The maximum absolute atomic E-state index is 5.88. The smallest absolute Gasteiger partial charge is 0.161 e. The van der Waals surface area contributed by atoms with Gasteiger partial charge in [-0.3, -0.25) is 15.1 Å². The van der Waals surface area contributed by atoms with Crippen molar-refractivity contribution in [3.63, 3.8) is 0 Å². The van der Waals surface area contributed by atoms with Crippen LogP contribution in [0.1, 0.15) is 0 Å². The summed E-state index contributed by atoms with van der Waals surface area (Å²) in [7, 11) is 0. The number of imidazole rings is 1. The number of nitrogens with zero attached hydrogens (tertiary/aromatic N) is 5. The number of nitrogen functional groups attached to an aromatic ring is 1. The van der Waals surface area contributed by atoms with Crippen LogP contribution in [0.2, 0.25) is 0 Å². The number of thiophene rings is 1. The number of hydrogen-bond acceptors (Lipinski definition) is 7. The molecule has 0 fully saturated rings. The van der Waals surface area contributed by atoms with Crippen LogP contribution in [-0.2, 0) is 0 Å². The highest BCUT2D eigenvalue weighted by Crippen LogP contribution is 2.32. The van der Waals surface area contributed by atoms with Gasteiger partial charge in [0.1, 0.15) is 11.0 Å². The van der Waals surface area contributed by atoms with Crippen molar-refractivity contribution in [3.8, 4) is 33.9 Å². The normalized spacial score (nSPS) is 11.5. The third kappa shape index (κ3) is 2.64. The molecular weight excluding hydrogens is 396 g/mol. The molecule has 6 rings (SSSR count). The Morgan fingerprint density at radius 2 is 1.80 bits per heavy atom. The summed E-state index contributed by atoms with van der Waals surface area (Å²) in [5.41, 5.74) is 14.0. The fraction of sp³-hybridized carbons (Fsp3) is 0. The van der Waals surface area contributed by atoms with E-state index in [2.05, 4.69) is 36.6 Å². The second-order valence-electron chi connectivity index (χ2n) is 6.85. The average molecular weight is 410 g/mol. The van der Waals surface area contributed by atoms with Crippen molar-refractivity contribution in [3.05, 3.63) is 59.8 Å². The van der Waals surface area contributed by atoms with Crippen molar-refractivity contribution < 1.29 is 0 Å². The van der Waals surface area contributed by atoms with Gasteiger partial charge in [0.25, 0.3) is 0 Å². The van der Waals surface area contributed by atoms with E-state index < -0.39 is 0 Å². The zero-order valence-corrected chi connectivity index (χ0v) is 16.3. The molecule has 0 saturated carbocycles. The highest BCUT2D eigenvalue weighted by molar-refractivity contribution is 7.08. The van der Waals surface area contributed by atoms with E-state index >= 15 is 0 Å². The van der Waals surface area contributed by atoms with Gasteiger partial charge in [-0.25, -0.2) is 9.97 Å². The average Bonchev–Trinajstić information content (AvgIpc) is 3.51. The molecule has 30 heavy (non-hydrogen) atoms. The summed E-state index contributed by atoms with van der Waals surface area (Å²) in [5.74, 6) is 0.635. The Balaban J connectivity index is 1.52. The van der Waals surface area contributed by atoms with Crippen molar-refractivity contribution in [1.29, 1.82) is 0 Å². The molecule has 0 amide bonds. The number of fused-ring (bicyclic) bond motifs is 2. The molecule has 0 saturated heterocycles. The number of aromatic amines is 2. The largest absolute Gasteiger partial charge is 0.397 e. The van der Waals surface area contributed by atoms with Gasteiger partial charge in [-0.1, -0.05) is 0 Å². The summed E-state index contributed by atoms with van der Waals surface area (Å²) in [6, 6.07) is 7.77. The van der Waals surface area contributed by atoms with Crippen LogP contribution in [0.4, 0.5) is 5.69 Å². The number of H-pyrrole nitrogens is 2. The molecule has 6 aromatic rings. The van der Waals surface area contributed by atoms with Crippen molar-refractivity contribution in [2.45, 2.75) is 0 Å². The third-order valence-corrected chi connectivity index (χ3v) is 5.60. The number of anilines is 1. The van der Waals surface area contributed by atoms with E-state index in [4.69, 9.17) is 15.7 Å². The molecular formula is C21H14N8S. The minimum atomic E-state index is 0.590. The van der Waals surface area contributed by atoms with Gasteiger partial charge < -0.3 is 10.7 Å². The first-order chi connectivity index (χ1) is 14.8. The first-order valence-electron chi connectivity index (χ1n) is 9.19. The number of hydrogen-bond donors (Lipinski definition) is 3. The Bertz CT molecular complexity index is 1510. The van der Waals surface area contributed by atoms with Gasteiger partial charge in [0.2, 0.25) is 0 Å². The molecule has 8 nitrogen and oxygen atoms in total. The molecule has 0 spiro atoms. The summed E-state index contributed by atoms with van der Waals surface area (Å²) in [5, 5.41) is 11.6. The second-order valence-corrected chi connectivity index (χ2v) is 7.63. The van der Waals surface area contributed by atoms with Gasteiger partial charge in [-0.2, -0.15) is 16.4 Å². The molecule has 0 aliphatic carbocycles. The van der Waals surface area contributed by atoms with Gasteiger partial charge in [0.15, 0.2) is 11.5 Å². The Kier molecular flexibility index (Phi) is 3.62. The predicted octanol–water partition coefficient (Wildman–Crippen LogP) is 4.27. The fourth-order valence-electron chi connectivity index (χ4n) is 3.50. The Morgan fingerprint density at radius 3 is 2.67 bits per heavy atom. The highest BCUT2D eigenvalue weighted by Gasteiger charge is 2.17. The number of nitrogens with two attached hydrogens (primary N) is 1. The number of nitrogens with one attached hydrogen (secondary N) is 2. The summed E-state index contributed by atoms with van der Waals surface area (Å²) < 4.78 is 0. The molecule has 0 unspecified atom stereocenters. The molecule has 9 heteroatoms. The summed E-state index contributed by atoms with van der Waals surface area (Å²) in [4.78, 5) is 21.5.